The molecule has 2 amide bonds. The fourth-order valence-electron chi connectivity index (χ4n) is 3.59. The molecule has 5 heteroatoms. The highest BCUT2D eigenvalue weighted by atomic mass is 16.6. The largest absolute Gasteiger partial charge is 0.450 e. The Morgan fingerprint density at radius 3 is 2.38 bits per heavy atom. The highest BCUT2D eigenvalue weighted by Crippen LogP contribution is 2.40. The standard InChI is InChI=1S/C19H30N2O3/c1-5-24-18(23)21-13-11-20(12-14-21)17(22)9-8-16-15(2)7-6-10-19(16,3)4/h8-9H,5-7,10-14H2,1-4H3/b9-8+. The van der Waals surface area contributed by atoms with E-state index in [2.05, 4.69) is 20.8 Å². The van der Waals surface area contributed by atoms with E-state index in [1.54, 1.807) is 22.8 Å². The van der Waals surface area contributed by atoms with Crippen LogP contribution >= 0.6 is 0 Å². The van der Waals surface area contributed by atoms with Gasteiger partial charge in [0.05, 0.1) is 6.61 Å². The van der Waals surface area contributed by atoms with Crippen molar-refractivity contribution < 1.29 is 14.3 Å². The summed E-state index contributed by atoms with van der Waals surface area (Å²) in [5.74, 6) is 0.0279. The lowest BCUT2D eigenvalue weighted by Gasteiger charge is -2.34. The van der Waals surface area contributed by atoms with E-state index < -0.39 is 0 Å². The number of rotatable bonds is 3. The summed E-state index contributed by atoms with van der Waals surface area (Å²) >= 11 is 0. The maximum atomic E-state index is 12.4. The van der Waals surface area contributed by atoms with Crippen LogP contribution in [0.5, 0.6) is 0 Å². The maximum Gasteiger partial charge on any atom is 0.409 e. The van der Waals surface area contributed by atoms with Crippen molar-refractivity contribution in [3.63, 3.8) is 0 Å². The third-order valence-electron chi connectivity index (χ3n) is 5.05. The molecule has 0 aromatic rings. The molecule has 1 aliphatic heterocycles. The summed E-state index contributed by atoms with van der Waals surface area (Å²) in [4.78, 5) is 27.6. The number of ether oxygens (including phenoxy) is 1. The summed E-state index contributed by atoms with van der Waals surface area (Å²) in [5.41, 5.74) is 2.83. The molecule has 2 rings (SSSR count). The lowest BCUT2D eigenvalue weighted by molar-refractivity contribution is -0.127. The number of carbonyl (C=O) groups excluding carboxylic acids is 2. The molecule has 1 heterocycles. The zero-order valence-corrected chi connectivity index (χ0v) is 15.4. The Labute approximate surface area is 145 Å². The van der Waals surface area contributed by atoms with Crippen LogP contribution < -0.4 is 0 Å². The minimum atomic E-state index is -0.287. The number of piperazine rings is 1. The molecule has 1 saturated heterocycles. The molecular formula is C19H30N2O3. The normalized spacial score (nSPS) is 21.3. The molecule has 1 aliphatic carbocycles. The van der Waals surface area contributed by atoms with Crippen molar-refractivity contribution in [1.29, 1.82) is 0 Å². The van der Waals surface area contributed by atoms with Gasteiger partial charge in [-0.15, -0.1) is 0 Å². The Balaban J connectivity index is 1.93. The van der Waals surface area contributed by atoms with Gasteiger partial charge in [0.25, 0.3) is 0 Å². The molecule has 0 atom stereocenters. The van der Waals surface area contributed by atoms with Crippen molar-refractivity contribution in [2.75, 3.05) is 32.8 Å². The van der Waals surface area contributed by atoms with Crippen LogP contribution in [0.25, 0.3) is 0 Å². The van der Waals surface area contributed by atoms with Gasteiger partial charge in [-0.05, 0) is 44.1 Å². The van der Waals surface area contributed by atoms with Crippen molar-refractivity contribution in [2.24, 2.45) is 5.41 Å². The predicted molar refractivity (Wildman–Crippen MR) is 94.6 cm³/mol. The van der Waals surface area contributed by atoms with E-state index in [-0.39, 0.29) is 17.4 Å². The number of nitrogens with zero attached hydrogens (tertiary/aromatic N) is 2. The number of hydrogen-bond acceptors (Lipinski definition) is 3. The van der Waals surface area contributed by atoms with Gasteiger partial charge < -0.3 is 14.5 Å². The fourth-order valence-corrected chi connectivity index (χ4v) is 3.59. The van der Waals surface area contributed by atoms with Crippen molar-refractivity contribution in [3.8, 4) is 0 Å². The smallest absolute Gasteiger partial charge is 0.409 e. The van der Waals surface area contributed by atoms with Crippen LogP contribution in [0, 0.1) is 5.41 Å². The van der Waals surface area contributed by atoms with Crippen LogP contribution in [-0.2, 0) is 9.53 Å². The molecular weight excluding hydrogens is 304 g/mol. The SMILES string of the molecule is CCOC(=O)N1CCN(C(=O)/C=C/C2=C(C)CCCC2(C)C)CC1. The lowest BCUT2D eigenvalue weighted by Crippen LogP contribution is -2.50. The maximum absolute atomic E-state index is 12.4. The average Bonchev–Trinajstić information content (AvgIpc) is 2.54. The molecule has 5 nitrogen and oxygen atoms in total. The Morgan fingerprint density at radius 2 is 1.79 bits per heavy atom. The molecule has 0 saturated carbocycles. The van der Waals surface area contributed by atoms with Crippen LogP contribution in [0.15, 0.2) is 23.3 Å². The molecule has 0 bridgehead atoms. The highest BCUT2D eigenvalue weighted by molar-refractivity contribution is 5.88. The minimum absolute atomic E-state index is 0.0279. The van der Waals surface area contributed by atoms with Crippen molar-refractivity contribution in [3.05, 3.63) is 23.3 Å². The van der Waals surface area contributed by atoms with E-state index in [1.807, 2.05) is 6.08 Å². The third-order valence-corrected chi connectivity index (χ3v) is 5.05. The number of carbonyl (C=O) groups is 2. The third kappa shape index (κ3) is 4.40. The van der Waals surface area contributed by atoms with E-state index in [0.29, 0.717) is 32.8 Å². The van der Waals surface area contributed by atoms with Crippen molar-refractivity contribution >= 4 is 12.0 Å². The highest BCUT2D eigenvalue weighted by Gasteiger charge is 2.27. The molecule has 0 radical (unpaired) electrons. The molecule has 0 aromatic heterocycles. The summed E-state index contributed by atoms with van der Waals surface area (Å²) in [6.07, 6.45) is 6.93. The Hall–Kier alpha value is -1.78. The second-order valence-electron chi connectivity index (χ2n) is 7.28. The monoisotopic (exact) mass is 334 g/mol. The average molecular weight is 334 g/mol. The van der Waals surface area contributed by atoms with Gasteiger partial charge >= 0.3 is 6.09 Å². The Morgan fingerprint density at radius 1 is 1.17 bits per heavy atom. The quantitative estimate of drug-likeness (QED) is 0.744. The van der Waals surface area contributed by atoms with Crippen molar-refractivity contribution in [2.45, 2.75) is 47.0 Å². The van der Waals surface area contributed by atoms with Crippen LogP contribution in [0.2, 0.25) is 0 Å². The molecule has 134 valence electrons. The Kier molecular flexibility index (Phi) is 6.08. The van der Waals surface area contributed by atoms with Gasteiger partial charge in [-0.1, -0.05) is 25.5 Å². The van der Waals surface area contributed by atoms with Gasteiger partial charge in [-0.2, -0.15) is 0 Å². The molecule has 2 aliphatic rings. The van der Waals surface area contributed by atoms with E-state index in [0.717, 1.165) is 12.8 Å². The van der Waals surface area contributed by atoms with E-state index in [1.165, 1.54) is 17.6 Å². The topological polar surface area (TPSA) is 49.9 Å². The predicted octanol–water partition coefficient (Wildman–Crippen LogP) is 3.37. The summed E-state index contributed by atoms with van der Waals surface area (Å²) in [6.45, 7) is 11.0. The first-order valence-electron chi connectivity index (χ1n) is 8.94. The minimum Gasteiger partial charge on any atom is -0.450 e. The first kappa shape index (κ1) is 18.6. The van der Waals surface area contributed by atoms with Gasteiger partial charge in [0.2, 0.25) is 5.91 Å². The summed E-state index contributed by atoms with van der Waals surface area (Å²) in [7, 11) is 0. The molecule has 0 unspecified atom stereocenters. The molecule has 0 N–H and O–H groups in total. The van der Waals surface area contributed by atoms with E-state index >= 15 is 0 Å². The molecule has 0 aromatic carbocycles. The van der Waals surface area contributed by atoms with Crippen LogP contribution in [0.1, 0.15) is 47.0 Å². The van der Waals surface area contributed by atoms with E-state index in [4.69, 9.17) is 4.74 Å². The van der Waals surface area contributed by atoms with Gasteiger partial charge in [0.15, 0.2) is 0 Å². The van der Waals surface area contributed by atoms with Crippen molar-refractivity contribution in [1.82, 2.24) is 9.80 Å². The Bertz CT molecular complexity index is 541. The van der Waals surface area contributed by atoms with Crippen LogP contribution in [0.4, 0.5) is 4.79 Å². The fraction of sp³-hybridized carbons (Fsp3) is 0.684. The van der Waals surface area contributed by atoms with Gasteiger partial charge in [0.1, 0.15) is 0 Å². The number of amides is 2. The van der Waals surface area contributed by atoms with Crippen LogP contribution in [0.3, 0.4) is 0 Å². The molecule has 1 fully saturated rings. The first-order valence-corrected chi connectivity index (χ1v) is 8.94. The summed E-state index contributed by atoms with van der Waals surface area (Å²) < 4.78 is 5.00. The van der Waals surface area contributed by atoms with Gasteiger partial charge in [-0.3, -0.25) is 4.79 Å². The zero-order valence-electron chi connectivity index (χ0n) is 15.4. The number of hydrogen-bond donors (Lipinski definition) is 0. The second kappa shape index (κ2) is 7.86. The first-order chi connectivity index (χ1) is 11.3. The number of allylic oxidation sites excluding steroid dienone is 3. The van der Waals surface area contributed by atoms with Crippen LogP contribution in [-0.4, -0.2) is 54.6 Å². The molecule has 0 spiro atoms. The molecule has 24 heavy (non-hydrogen) atoms. The van der Waals surface area contributed by atoms with Gasteiger partial charge in [-0.25, -0.2) is 4.79 Å². The lowest BCUT2D eigenvalue weighted by atomic mass is 9.72. The second-order valence-corrected chi connectivity index (χ2v) is 7.28. The van der Waals surface area contributed by atoms with Gasteiger partial charge in [0, 0.05) is 32.3 Å². The summed E-state index contributed by atoms with van der Waals surface area (Å²) in [5, 5.41) is 0. The van der Waals surface area contributed by atoms with E-state index in [9.17, 15) is 9.59 Å². The summed E-state index contributed by atoms with van der Waals surface area (Å²) in [6, 6.07) is 0. The zero-order chi connectivity index (χ0) is 17.7.